The molecule has 2 rings (SSSR count). The van der Waals surface area contributed by atoms with E-state index in [0.29, 0.717) is 0 Å². The molecule has 0 saturated heterocycles. The number of hydrogen-bond acceptors (Lipinski definition) is 0. The second kappa shape index (κ2) is 3.73. The van der Waals surface area contributed by atoms with Gasteiger partial charge in [-0.15, -0.1) is 9.36 Å². The van der Waals surface area contributed by atoms with Crippen molar-refractivity contribution in [2.24, 2.45) is 7.05 Å². The van der Waals surface area contributed by atoms with Gasteiger partial charge in [-0.25, -0.2) is 0 Å². The molecule has 2 aromatic rings. The van der Waals surface area contributed by atoms with Crippen molar-refractivity contribution in [1.29, 1.82) is 0 Å². The van der Waals surface area contributed by atoms with Crippen molar-refractivity contribution in [2.75, 3.05) is 0 Å². The molecule has 0 N–H and O–H groups in total. The Hall–Kier alpha value is -0.840. The normalized spacial score (nSPS) is 10.5. The Balaban J connectivity index is 2.63. The Morgan fingerprint density at radius 2 is 2.07 bits per heavy atom. The summed E-state index contributed by atoms with van der Waals surface area (Å²) in [6.45, 7) is 2.15. The molecule has 0 fully saturated rings. The molecule has 0 bridgehead atoms. The minimum Gasteiger partial charge on any atom is -0.128 e. The fourth-order valence-electron chi connectivity index (χ4n) is 1.52. The minimum absolute atomic E-state index is 1.24. The third-order valence-electron chi connectivity index (χ3n) is 2.35. The summed E-state index contributed by atoms with van der Waals surface area (Å²) in [7, 11) is 2.04. The van der Waals surface area contributed by atoms with Gasteiger partial charge in [-0.3, -0.25) is 0 Å². The highest BCUT2D eigenvalue weighted by molar-refractivity contribution is 14.1. The lowest BCUT2D eigenvalue weighted by molar-refractivity contribution is -0.744. The Morgan fingerprint density at radius 1 is 1.29 bits per heavy atom. The van der Waals surface area contributed by atoms with Crippen molar-refractivity contribution in [3.05, 3.63) is 45.8 Å². The molecule has 1 aromatic carbocycles. The number of halogens is 1. The summed E-state index contributed by atoms with van der Waals surface area (Å²) in [6, 6.07) is 8.39. The van der Waals surface area contributed by atoms with Gasteiger partial charge in [0.2, 0.25) is 0 Å². The van der Waals surface area contributed by atoms with Crippen LogP contribution in [-0.4, -0.2) is 4.68 Å². The summed E-state index contributed by atoms with van der Waals surface area (Å²) in [5.74, 6) is 0. The Bertz CT molecular complexity index is 460. The SMILES string of the molecule is Cc1c(I)cccc1-n1ccc[n+]1C. The number of aryl methyl sites for hydroxylation is 1. The molecule has 0 unspecified atom stereocenters. The zero-order valence-corrected chi connectivity index (χ0v) is 10.4. The fraction of sp³-hybridized carbons (Fsp3) is 0.182. The molecular weight excluding hydrogens is 287 g/mol. The standard InChI is InChI=1S/C11H12IN2/c1-9-10(12)5-3-6-11(9)14-8-4-7-13(14)2/h3-8H,1-2H3/q+1. The van der Waals surface area contributed by atoms with Gasteiger partial charge in [-0.05, 0) is 47.2 Å². The number of aromatic nitrogens is 2. The highest BCUT2D eigenvalue weighted by Crippen LogP contribution is 2.17. The zero-order valence-electron chi connectivity index (χ0n) is 8.24. The summed E-state index contributed by atoms with van der Waals surface area (Å²) >= 11 is 2.36. The summed E-state index contributed by atoms with van der Waals surface area (Å²) < 4.78 is 5.50. The van der Waals surface area contributed by atoms with E-state index in [-0.39, 0.29) is 0 Å². The van der Waals surface area contributed by atoms with E-state index in [2.05, 4.69) is 63.3 Å². The Kier molecular flexibility index (Phi) is 2.58. The molecule has 1 aromatic heterocycles. The quantitative estimate of drug-likeness (QED) is 0.564. The van der Waals surface area contributed by atoms with Gasteiger partial charge in [0.1, 0.15) is 5.69 Å². The van der Waals surface area contributed by atoms with Crippen LogP contribution in [0.5, 0.6) is 0 Å². The molecule has 0 aliphatic carbocycles. The van der Waals surface area contributed by atoms with Crippen LogP contribution < -0.4 is 4.68 Å². The molecule has 0 atom stereocenters. The van der Waals surface area contributed by atoms with Crippen LogP contribution in [0.1, 0.15) is 5.56 Å². The smallest absolute Gasteiger partial charge is 0.128 e. The Labute approximate surface area is 97.3 Å². The van der Waals surface area contributed by atoms with Crippen molar-refractivity contribution in [3.8, 4) is 5.69 Å². The highest BCUT2D eigenvalue weighted by atomic mass is 127. The first kappa shape index (κ1) is 9.71. The van der Waals surface area contributed by atoms with Crippen molar-refractivity contribution >= 4 is 22.6 Å². The van der Waals surface area contributed by atoms with E-state index in [1.807, 2.05) is 19.3 Å². The fourth-order valence-corrected chi connectivity index (χ4v) is 2.00. The first-order valence-electron chi connectivity index (χ1n) is 4.49. The van der Waals surface area contributed by atoms with Crippen LogP contribution in [0.4, 0.5) is 0 Å². The minimum atomic E-state index is 1.24. The predicted molar refractivity (Wildman–Crippen MR) is 64.4 cm³/mol. The van der Waals surface area contributed by atoms with E-state index in [9.17, 15) is 0 Å². The molecule has 0 spiro atoms. The first-order valence-corrected chi connectivity index (χ1v) is 5.57. The van der Waals surface area contributed by atoms with Gasteiger partial charge < -0.3 is 0 Å². The molecule has 3 heteroatoms. The summed E-state index contributed by atoms with van der Waals surface area (Å²) in [5.41, 5.74) is 2.56. The summed E-state index contributed by atoms with van der Waals surface area (Å²) in [4.78, 5) is 0. The average molecular weight is 299 g/mol. The molecule has 0 amide bonds. The molecule has 72 valence electrons. The van der Waals surface area contributed by atoms with Gasteiger partial charge in [0.25, 0.3) is 0 Å². The van der Waals surface area contributed by atoms with Gasteiger partial charge >= 0.3 is 0 Å². The first-order chi connectivity index (χ1) is 6.70. The maximum Gasteiger partial charge on any atom is 0.195 e. The molecule has 0 aliphatic heterocycles. The second-order valence-electron chi connectivity index (χ2n) is 3.29. The Morgan fingerprint density at radius 3 is 2.71 bits per heavy atom. The second-order valence-corrected chi connectivity index (χ2v) is 4.45. The molecule has 0 radical (unpaired) electrons. The van der Waals surface area contributed by atoms with E-state index >= 15 is 0 Å². The summed E-state index contributed by atoms with van der Waals surface area (Å²) in [6.07, 6.45) is 4.11. The maximum atomic E-state index is 2.36. The number of rotatable bonds is 1. The number of benzene rings is 1. The van der Waals surface area contributed by atoms with Gasteiger partial charge in [0, 0.05) is 9.64 Å². The van der Waals surface area contributed by atoms with Crippen molar-refractivity contribution in [3.63, 3.8) is 0 Å². The number of hydrogen-bond donors (Lipinski definition) is 0. The topological polar surface area (TPSA) is 8.81 Å². The van der Waals surface area contributed by atoms with Crippen LogP contribution in [0.3, 0.4) is 0 Å². The largest absolute Gasteiger partial charge is 0.195 e. The summed E-state index contributed by atoms with van der Waals surface area (Å²) in [5, 5.41) is 0. The lowest BCUT2D eigenvalue weighted by Gasteiger charge is -2.05. The molecule has 0 saturated carbocycles. The van der Waals surface area contributed by atoms with E-state index in [4.69, 9.17) is 0 Å². The van der Waals surface area contributed by atoms with Crippen LogP contribution in [0.25, 0.3) is 5.69 Å². The van der Waals surface area contributed by atoms with Gasteiger partial charge in [0.15, 0.2) is 13.2 Å². The van der Waals surface area contributed by atoms with E-state index in [0.717, 1.165) is 0 Å². The molecule has 1 heterocycles. The molecule has 14 heavy (non-hydrogen) atoms. The van der Waals surface area contributed by atoms with E-state index in [1.165, 1.54) is 14.8 Å². The van der Waals surface area contributed by atoms with Crippen molar-refractivity contribution < 1.29 is 4.68 Å². The van der Waals surface area contributed by atoms with Crippen LogP contribution in [0.15, 0.2) is 36.7 Å². The lowest BCUT2D eigenvalue weighted by Crippen LogP contribution is -2.37. The average Bonchev–Trinajstić information content (AvgIpc) is 2.57. The number of nitrogens with zero attached hydrogens (tertiary/aromatic N) is 2. The lowest BCUT2D eigenvalue weighted by atomic mass is 10.2. The van der Waals surface area contributed by atoms with Crippen molar-refractivity contribution in [2.45, 2.75) is 6.92 Å². The van der Waals surface area contributed by atoms with Crippen LogP contribution >= 0.6 is 22.6 Å². The van der Waals surface area contributed by atoms with Crippen LogP contribution in [-0.2, 0) is 7.05 Å². The molecular formula is C11H12IN2+. The van der Waals surface area contributed by atoms with E-state index in [1.54, 1.807) is 0 Å². The highest BCUT2D eigenvalue weighted by Gasteiger charge is 2.09. The van der Waals surface area contributed by atoms with Gasteiger partial charge in [-0.1, -0.05) is 6.07 Å². The van der Waals surface area contributed by atoms with Gasteiger partial charge in [-0.2, -0.15) is 0 Å². The van der Waals surface area contributed by atoms with Crippen LogP contribution in [0.2, 0.25) is 0 Å². The van der Waals surface area contributed by atoms with E-state index < -0.39 is 0 Å². The molecule has 0 aliphatic rings. The third kappa shape index (κ3) is 1.56. The van der Waals surface area contributed by atoms with Crippen molar-refractivity contribution in [1.82, 2.24) is 4.68 Å². The molecule has 2 nitrogen and oxygen atoms in total. The maximum absolute atomic E-state index is 2.36. The van der Waals surface area contributed by atoms with Crippen LogP contribution in [0, 0.1) is 10.5 Å². The monoisotopic (exact) mass is 299 g/mol. The van der Waals surface area contributed by atoms with Gasteiger partial charge in [0.05, 0.1) is 6.20 Å². The third-order valence-corrected chi connectivity index (χ3v) is 3.52. The zero-order chi connectivity index (χ0) is 10.1. The predicted octanol–water partition coefficient (Wildman–Crippen LogP) is 2.21.